The molecule has 0 aromatic heterocycles. The summed E-state index contributed by atoms with van der Waals surface area (Å²) in [5.74, 6) is 3.18. The maximum absolute atomic E-state index is 12.6. The van der Waals surface area contributed by atoms with Gasteiger partial charge in [-0.3, -0.25) is 9.59 Å². The number of carbonyl (C=O) groups excluding carboxylic acids is 2. The molecule has 1 heterocycles. The Morgan fingerprint density at radius 1 is 1.11 bits per heavy atom. The Morgan fingerprint density at radius 2 is 1.75 bits per heavy atom. The van der Waals surface area contributed by atoms with E-state index in [1.165, 1.54) is 30.8 Å². The van der Waals surface area contributed by atoms with Crippen molar-refractivity contribution in [2.45, 2.75) is 42.7 Å². The SMILES string of the molecule is O=C(COC(=O)C1C[C@H]2CCC[C@@H](C1)C21SCCS1)NCc1ccc(Cl)cc1. The summed E-state index contributed by atoms with van der Waals surface area (Å²) in [6.45, 7) is 0.199. The second-order valence-corrected chi connectivity index (χ2v) is 11.4. The Balaban J connectivity index is 1.25. The second kappa shape index (κ2) is 8.88. The summed E-state index contributed by atoms with van der Waals surface area (Å²) in [6.07, 6.45) is 5.57. The second-order valence-electron chi connectivity index (χ2n) is 7.92. The van der Waals surface area contributed by atoms with Gasteiger partial charge in [-0.05, 0) is 55.2 Å². The van der Waals surface area contributed by atoms with E-state index in [0.717, 1.165) is 18.4 Å². The first-order valence-electron chi connectivity index (χ1n) is 10.0. The van der Waals surface area contributed by atoms with E-state index in [-0.39, 0.29) is 24.4 Å². The fraction of sp³-hybridized carbons (Fsp3) is 0.619. The Labute approximate surface area is 179 Å². The van der Waals surface area contributed by atoms with Crippen LogP contribution in [0.15, 0.2) is 24.3 Å². The van der Waals surface area contributed by atoms with Gasteiger partial charge in [-0.25, -0.2) is 0 Å². The number of amides is 1. The minimum Gasteiger partial charge on any atom is -0.455 e. The number of halogens is 1. The lowest BCUT2D eigenvalue weighted by atomic mass is 9.67. The Morgan fingerprint density at radius 3 is 2.39 bits per heavy atom. The first kappa shape index (κ1) is 20.4. The van der Waals surface area contributed by atoms with E-state index in [2.05, 4.69) is 28.8 Å². The van der Waals surface area contributed by atoms with Gasteiger partial charge in [0.2, 0.25) is 0 Å². The summed E-state index contributed by atoms with van der Waals surface area (Å²) in [4.78, 5) is 24.7. The van der Waals surface area contributed by atoms with Crippen molar-refractivity contribution in [1.82, 2.24) is 5.32 Å². The van der Waals surface area contributed by atoms with E-state index in [1.54, 1.807) is 12.1 Å². The zero-order chi connectivity index (χ0) is 19.6. The predicted molar refractivity (Wildman–Crippen MR) is 115 cm³/mol. The average Bonchev–Trinajstić information content (AvgIpc) is 3.15. The van der Waals surface area contributed by atoms with Gasteiger partial charge in [0.25, 0.3) is 5.91 Å². The monoisotopic (exact) mass is 439 g/mol. The summed E-state index contributed by atoms with van der Waals surface area (Å²) in [5.41, 5.74) is 0.959. The molecule has 4 rings (SSSR count). The van der Waals surface area contributed by atoms with E-state index >= 15 is 0 Å². The lowest BCUT2D eigenvalue weighted by molar-refractivity contribution is -0.155. The number of rotatable bonds is 5. The average molecular weight is 440 g/mol. The van der Waals surface area contributed by atoms with Gasteiger partial charge in [0, 0.05) is 23.1 Å². The van der Waals surface area contributed by atoms with E-state index in [9.17, 15) is 9.59 Å². The summed E-state index contributed by atoms with van der Waals surface area (Å²) in [5, 5.41) is 3.45. The molecule has 7 heteroatoms. The predicted octanol–water partition coefficient (Wildman–Crippen LogP) is 4.50. The molecular weight excluding hydrogens is 414 g/mol. The maximum atomic E-state index is 12.6. The Bertz CT molecular complexity index is 705. The molecule has 3 fully saturated rings. The van der Waals surface area contributed by atoms with Crippen LogP contribution in [0.3, 0.4) is 0 Å². The number of benzene rings is 1. The van der Waals surface area contributed by atoms with E-state index in [4.69, 9.17) is 16.3 Å². The van der Waals surface area contributed by atoms with Crippen molar-refractivity contribution in [3.05, 3.63) is 34.9 Å². The number of hydrogen-bond donors (Lipinski definition) is 1. The zero-order valence-corrected chi connectivity index (χ0v) is 18.2. The highest BCUT2D eigenvalue weighted by Crippen LogP contribution is 2.64. The molecular formula is C21H26ClNO3S2. The molecule has 4 nitrogen and oxygen atoms in total. The third-order valence-corrected chi connectivity index (χ3v) is 10.5. The third-order valence-electron chi connectivity index (χ3n) is 6.20. The number of nitrogens with one attached hydrogen (secondary N) is 1. The van der Waals surface area contributed by atoms with Crippen LogP contribution in [-0.4, -0.2) is 34.1 Å². The third kappa shape index (κ3) is 4.34. The normalized spacial score (nSPS) is 28.1. The number of hydrogen-bond acceptors (Lipinski definition) is 5. The summed E-state index contributed by atoms with van der Waals surface area (Å²) < 4.78 is 5.73. The van der Waals surface area contributed by atoms with Crippen LogP contribution in [0.2, 0.25) is 5.02 Å². The number of esters is 1. The van der Waals surface area contributed by atoms with Crippen LogP contribution >= 0.6 is 35.1 Å². The molecule has 3 atom stereocenters. The van der Waals surface area contributed by atoms with E-state index in [0.29, 0.717) is 27.5 Å². The number of ether oxygens (including phenoxy) is 1. The van der Waals surface area contributed by atoms with Gasteiger partial charge < -0.3 is 10.1 Å². The molecule has 1 unspecified atom stereocenters. The highest BCUT2D eigenvalue weighted by Gasteiger charge is 2.55. The van der Waals surface area contributed by atoms with Crippen molar-refractivity contribution < 1.29 is 14.3 Å². The fourth-order valence-corrected chi connectivity index (χ4v) is 8.97. The fourth-order valence-electron chi connectivity index (χ4n) is 4.91. The van der Waals surface area contributed by atoms with Gasteiger partial charge in [-0.1, -0.05) is 30.2 Å². The first-order valence-corrected chi connectivity index (χ1v) is 12.4. The van der Waals surface area contributed by atoms with Crippen molar-refractivity contribution in [1.29, 1.82) is 0 Å². The van der Waals surface area contributed by atoms with E-state index < -0.39 is 0 Å². The van der Waals surface area contributed by atoms with Crippen LogP contribution in [0.1, 0.15) is 37.7 Å². The van der Waals surface area contributed by atoms with Crippen molar-refractivity contribution >= 4 is 47.0 Å². The molecule has 1 spiro atoms. The van der Waals surface area contributed by atoms with Gasteiger partial charge in [-0.2, -0.15) is 0 Å². The lowest BCUT2D eigenvalue weighted by Gasteiger charge is -2.51. The number of carbonyl (C=O) groups is 2. The Hall–Kier alpha value is -0.850. The largest absolute Gasteiger partial charge is 0.455 e. The molecule has 1 aromatic carbocycles. The van der Waals surface area contributed by atoms with Gasteiger partial charge >= 0.3 is 5.97 Å². The minimum atomic E-state index is -0.266. The van der Waals surface area contributed by atoms with Gasteiger partial charge in [0.15, 0.2) is 6.61 Å². The molecule has 1 aliphatic heterocycles. The van der Waals surface area contributed by atoms with Crippen LogP contribution in [-0.2, 0) is 20.9 Å². The van der Waals surface area contributed by atoms with Crippen molar-refractivity contribution in [3.8, 4) is 0 Å². The summed E-state index contributed by atoms with van der Waals surface area (Å²) in [7, 11) is 0. The molecule has 1 saturated heterocycles. The molecule has 152 valence electrons. The lowest BCUT2D eigenvalue weighted by Crippen LogP contribution is -2.48. The standard InChI is InChI=1S/C21H26ClNO3S2/c22-18-6-4-14(5-7-18)12-23-19(24)13-26-20(25)15-10-16-2-1-3-17(11-15)21(16)27-8-9-28-21/h4-7,15-17H,1-3,8-13H2,(H,23,24)/t15?,16-,17+. The highest BCUT2D eigenvalue weighted by molar-refractivity contribution is 8.21. The van der Waals surface area contributed by atoms with Crippen LogP contribution < -0.4 is 5.32 Å². The molecule has 1 amide bonds. The molecule has 0 radical (unpaired) electrons. The molecule has 2 saturated carbocycles. The quantitative estimate of drug-likeness (QED) is 0.684. The van der Waals surface area contributed by atoms with Crippen LogP contribution in [0.25, 0.3) is 0 Å². The molecule has 2 bridgehead atoms. The zero-order valence-electron chi connectivity index (χ0n) is 15.8. The molecule has 1 aromatic rings. The number of thioether (sulfide) groups is 2. The molecule has 1 N–H and O–H groups in total. The summed E-state index contributed by atoms with van der Waals surface area (Å²) in [6, 6.07) is 7.31. The first-order chi connectivity index (χ1) is 13.6. The minimum absolute atomic E-state index is 0.0493. The van der Waals surface area contributed by atoms with Gasteiger partial charge in [0.1, 0.15) is 0 Å². The van der Waals surface area contributed by atoms with Crippen LogP contribution in [0.4, 0.5) is 0 Å². The van der Waals surface area contributed by atoms with Gasteiger partial charge in [-0.15, -0.1) is 23.5 Å². The highest BCUT2D eigenvalue weighted by atomic mass is 35.5. The van der Waals surface area contributed by atoms with Gasteiger partial charge in [0.05, 0.1) is 10.00 Å². The summed E-state index contributed by atoms with van der Waals surface area (Å²) >= 11 is 10.1. The molecule has 28 heavy (non-hydrogen) atoms. The molecule has 3 aliphatic rings. The van der Waals surface area contributed by atoms with E-state index in [1.807, 2.05) is 12.1 Å². The Kier molecular flexibility index (Phi) is 6.48. The maximum Gasteiger partial charge on any atom is 0.309 e. The molecule has 2 aliphatic carbocycles. The topological polar surface area (TPSA) is 55.4 Å². The van der Waals surface area contributed by atoms with Crippen molar-refractivity contribution in [3.63, 3.8) is 0 Å². The van der Waals surface area contributed by atoms with Crippen LogP contribution in [0.5, 0.6) is 0 Å². The smallest absolute Gasteiger partial charge is 0.309 e. The van der Waals surface area contributed by atoms with Crippen molar-refractivity contribution in [2.75, 3.05) is 18.1 Å². The van der Waals surface area contributed by atoms with Crippen molar-refractivity contribution in [2.24, 2.45) is 17.8 Å². The van der Waals surface area contributed by atoms with Crippen LogP contribution in [0, 0.1) is 17.8 Å².